The van der Waals surface area contributed by atoms with Gasteiger partial charge in [0.25, 0.3) is 0 Å². The number of carbonyl (C=O) groups excluding carboxylic acids is 5. The Morgan fingerprint density at radius 3 is 2.34 bits per heavy atom. The minimum absolute atomic E-state index is 0.0694. The fourth-order valence-corrected chi connectivity index (χ4v) is 7.70. The highest BCUT2D eigenvalue weighted by atomic mass is 16.3. The number of carbonyl (C=O) groups is 5. The van der Waals surface area contributed by atoms with E-state index in [1.54, 1.807) is 14.1 Å². The van der Waals surface area contributed by atoms with E-state index in [1.807, 2.05) is 6.07 Å². The molecule has 9 nitrogen and oxygen atoms in total. The first-order chi connectivity index (χ1) is 17.9. The highest BCUT2D eigenvalue weighted by Gasteiger charge is 2.69. The highest BCUT2D eigenvalue weighted by molar-refractivity contribution is 6.32. The van der Waals surface area contributed by atoms with E-state index in [2.05, 4.69) is 6.92 Å². The van der Waals surface area contributed by atoms with Crippen LogP contribution in [-0.4, -0.2) is 69.9 Å². The normalized spacial score (nSPS) is 37.0. The van der Waals surface area contributed by atoms with E-state index >= 15 is 0 Å². The molecule has 3 saturated carbocycles. The summed E-state index contributed by atoms with van der Waals surface area (Å²) >= 11 is 0. The summed E-state index contributed by atoms with van der Waals surface area (Å²) in [6, 6.07) is 2.25. The largest absolute Gasteiger partial charge is 0.507 e. The molecule has 0 aromatic heterocycles. The molecule has 0 aliphatic heterocycles. The van der Waals surface area contributed by atoms with Gasteiger partial charge in [0.2, 0.25) is 5.91 Å². The number of likely N-dealkylation sites (N-methyl/N-ethyl adjacent to an activating group) is 1. The summed E-state index contributed by atoms with van der Waals surface area (Å²) in [6.07, 6.45) is 5.67. The number of fused-ring (bicyclic) bond motifs is 3. The standard InChI is InChI=1S/C29H36N2O7/c1-13-4-6-14(7-5-13)10-15-8-9-19(32)21-17(15)11-16-12-18-23(31(2)3)25(34)22(28(30)37)27(36)29(18,38)26(35)20(16)24(21)33/h8-9,13-14,16,18,20,22-23,32,38H,4-7,10-12H2,1-3H3,(H2,30,37)/t13?,14?,16-,18-,20?,22?,23-,29-/m1/s1. The van der Waals surface area contributed by atoms with Crippen LogP contribution >= 0.6 is 0 Å². The van der Waals surface area contributed by atoms with Crippen molar-refractivity contribution in [1.29, 1.82) is 0 Å². The number of benzene rings is 1. The van der Waals surface area contributed by atoms with Crippen molar-refractivity contribution in [3.8, 4) is 5.75 Å². The third-order valence-electron chi connectivity index (χ3n) is 9.69. The van der Waals surface area contributed by atoms with Crippen molar-refractivity contribution in [2.75, 3.05) is 14.1 Å². The summed E-state index contributed by atoms with van der Waals surface area (Å²) in [5.74, 6) is -8.86. The average molecular weight is 525 g/mol. The topological polar surface area (TPSA) is 155 Å². The minimum atomic E-state index is -2.69. The lowest BCUT2D eigenvalue weighted by molar-refractivity contribution is -0.181. The number of nitrogens with zero attached hydrogens (tertiary/aromatic N) is 1. The van der Waals surface area contributed by atoms with Gasteiger partial charge in [-0.1, -0.05) is 25.8 Å². The number of aliphatic hydroxyl groups is 1. The van der Waals surface area contributed by atoms with Crippen LogP contribution in [0.25, 0.3) is 0 Å². The quantitative estimate of drug-likeness (QED) is 0.497. The lowest BCUT2D eigenvalue weighted by atomic mass is 9.52. The van der Waals surface area contributed by atoms with Gasteiger partial charge in [0, 0.05) is 5.92 Å². The maximum absolute atomic E-state index is 13.9. The van der Waals surface area contributed by atoms with Crippen LogP contribution in [0.4, 0.5) is 0 Å². The SMILES string of the molecule is CC1CCC(Cc2ccc(O)c3c2C[C@@H]2C[C@@H]4[C@@H](N(C)C)C(=O)C(C(N)=O)C(=O)[C@]4(O)C(=O)C2C3=O)CC1. The molecule has 2 unspecified atom stereocenters. The molecule has 1 aromatic carbocycles. The zero-order valence-electron chi connectivity index (χ0n) is 22.1. The molecule has 38 heavy (non-hydrogen) atoms. The van der Waals surface area contributed by atoms with Crippen molar-refractivity contribution in [1.82, 2.24) is 4.90 Å². The third kappa shape index (κ3) is 3.85. The number of primary amides is 1. The van der Waals surface area contributed by atoms with Crippen LogP contribution in [0.5, 0.6) is 5.75 Å². The van der Waals surface area contributed by atoms with E-state index in [0.29, 0.717) is 18.3 Å². The van der Waals surface area contributed by atoms with E-state index in [4.69, 9.17) is 5.73 Å². The van der Waals surface area contributed by atoms with Gasteiger partial charge in [-0.25, -0.2) is 0 Å². The van der Waals surface area contributed by atoms with Crippen LogP contribution < -0.4 is 5.73 Å². The Labute approximate surface area is 221 Å². The Balaban J connectivity index is 1.55. The second kappa shape index (κ2) is 9.38. The maximum atomic E-state index is 13.9. The number of phenols is 1. The Morgan fingerprint density at radius 2 is 1.74 bits per heavy atom. The van der Waals surface area contributed by atoms with Gasteiger partial charge in [-0.2, -0.15) is 0 Å². The van der Waals surface area contributed by atoms with Crippen molar-refractivity contribution in [2.24, 2.45) is 41.2 Å². The first kappa shape index (κ1) is 26.7. The molecule has 0 saturated heterocycles. The summed E-state index contributed by atoms with van der Waals surface area (Å²) in [6.45, 7) is 2.26. The predicted octanol–water partition coefficient (Wildman–Crippen LogP) is 1.24. The Bertz CT molecular complexity index is 1230. The van der Waals surface area contributed by atoms with Gasteiger partial charge in [-0.3, -0.25) is 28.9 Å². The number of rotatable bonds is 4. The minimum Gasteiger partial charge on any atom is -0.507 e. The van der Waals surface area contributed by atoms with E-state index < -0.39 is 64.4 Å². The average Bonchev–Trinajstić information content (AvgIpc) is 2.84. The molecule has 1 aromatic rings. The number of phenolic OH excluding ortho intramolecular Hbond substituents is 1. The zero-order valence-corrected chi connectivity index (χ0v) is 22.1. The molecular weight excluding hydrogens is 488 g/mol. The Morgan fingerprint density at radius 1 is 1.08 bits per heavy atom. The predicted molar refractivity (Wildman–Crippen MR) is 136 cm³/mol. The summed E-state index contributed by atoms with van der Waals surface area (Å²) < 4.78 is 0. The van der Waals surface area contributed by atoms with Gasteiger partial charge in [0.1, 0.15) is 5.75 Å². The lowest BCUT2D eigenvalue weighted by Gasteiger charge is -2.52. The van der Waals surface area contributed by atoms with Gasteiger partial charge in [-0.05, 0) is 81.1 Å². The van der Waals surface area contributed by atoms with Crippen LogP contribution in [0.1, 0.15) is 60.5 Å². The van der Waals surface area contributed by atoms with Gasteiger partial charge in [0.15, 0.2) is 34.7 Å². The summed E-state index contributed by atoms with van der Waals surface area (Å²) in [4.78, 5) is 67.8. The molecule has 5 rings (SSSR count). The highest BCUT2D eigenvalue weighted by Crippen LogP contribution is 2.51. The molecule has 4 aliphatic rings. The van der Waals surface area contributed by atoms with Crippen molar-refractivity contribution in [2.45, 2.75) is 63.5 Å². The first-order valence-corrected chi connectivity index (χ1v) is 13.6. The van der Waals surface area contributed by atoms with Gasteiger partial charge in [0.05, 0.1) is 17.5 Å². The molecule has 0 radical (unpaired) electrons. The zero-order chi connectivity index (χ0) is 27.7. The van der Waals surface area contributed by atoms with Gasteiger partial charge in [-0.15, -0.1) is 0 Å². The molecular formula is C29H36N2O7. The number of ketones is 4. The second-order valence-electron chi connectivity index (χ2n) is 12.2. The summed E-state index contributed by atoms with van der Waals surface area (Å²) in [7, 11) is 3.16. The van der Waals surface area contributed by atoms with Crippen molar-refractivity contribution >= 4 is 29.0 Å². The number of amides is 1. The molecule has 0 bridgehead atoms. The van der Waals surface area contributed by atoms with Crippen LogP contribution in [0.3, 0.4) is 0 Å². The van der Waals surface area contributed by atoms with E-state index in [-0.39, 0.29) is 17.7 Å². The molecule has 4 aliphatic carbocycles. The third-order valence-corrected chi connectivity index (χ3v) is 9.69. The molecule has 0 spiro atoms. The number of hydrogen-bond acceptors (Lipinski definition) is 8. The smallest absolute Gasteiger partial charge is 0.235 e. The van der Waals surface area contributed by atoms with E-state index in [0.717, 1.165) is 43.2 Å². The molecule has 1 amide bonds. The van der Waals surface area contributed by atoms with E-state index in [1.165, 1.54) is 11.0 Å². The van der Waals surface area contributed by atoms with E-state index in [9.17, 15) is 34.2 Å². The van der Waals surface area contributed by atoms with Crippen LogP contribution in [0.15, 0.2) is 12.1 Å². The number of Topliss-reactive ketones (excluding diaryl/α,β-unsaturated/α-hetero) is 4. The fourth-order valence-electron chi connectivity index (χ4n) is 7.70. The van der Waals surface area contributed by atoms with Gasteiger partial charge >= 0.3 is 0 Å². The number of aromatic hydroxyl groups is 1. The summed E-state index contributed by atoms with van der Waals surface area (Å²) in [5.41, 5.74) is 4.45. The fraction of sp³-hybridized carbons (Fsp3) is 0.621. The monoisotopic (exact) mass is 524 g/mol. The number of hydrogen-bond donors (Lipinski definition) is 3. The summed E-state index contributed by atoms with van der Waals surface area (Å²) in [5, 5.41) is 22.4. The number of nitrogens with two attached hydrogens (primary N) is 1. The van der Waals surface area contributed by atoms with Crippen molar-refractivity contribution < 1.29 is 34.2 Å². The van der Waals surface area contributed by atoms with Crippen LogP contribution in [0.2, 0.25) is 0 Å². The molecule has 0 heterocycles. The molecule has 4 N–H and O–H groups in total. The lowest BCUT2D eigenvalue weighted by Crippen LogP contribution is -2.74. The van der Waals surface area contributed by atoms with Gasteiger partial charge < -0.3 is 15.9 Å². The van der Waals surface area contributed by atoms with Crippen LogP contribution in [-0.2, 0) is 32.0 Å². The second-order valence-corrected chi connectivity index (χ2v) is 12.2. The Kier molecular flexibility index (Phi) is 6.59. The Hall–Kier alpha value is -2.91. The molecule has 6 atom stereocenters. The van der Waals surface area contributed by atoms with Crippen LogP contribution in [0, 0.1) is 35.5 Å². The maximum Gasteiger partial charge on any atom is 0.235 e. The first-order valence-electron chi connectivity index (χ1n) is 13.6. The molecule has 3 fully saturated rings. The molecule has 9 heteroatoms. The molecule has 204 valence electrons. The van der Waals surface area contributed by atoms with Crippen molar-refractivity contribution in [3.05, 3.63) is 28.8 Å². The van der Waals surface area contributed by atoms with Crippen molar-refractivity contribution in [3.63, 3.8) is 0 Å².